The molecule has 1 fully saturated rings. The standard InChI is InChI=1S/C23H22F2N4O/c1-13-3-4-16(20-26-14(2)28-29-20)11-17(13)15-5-6-18-19(12-15)27-21(30)22(18)7-9-23(24,25)10-8-22/h3-6,11-12H,7-10H2,1-2H3,(H,27,30)(H,26,28,29). The van der Waals surface area contributed by atoms with Crippen molar-refractivity contribution in [3.8, 4) is 22.5 Å². The smallest absolute Gasteiger partial charge is 0.248 e. The Kier molecular flexibility index (Phi) is 4.07. The molecule has 0 atom stereocenters. The number of nitrogens with one attached hydrogen (secondary N) is 2. The highest BCUT2D eigenvalue weighted by atomic mass is 19.3. The van der Waals surface area contributed by atoms with Crippen LogP contribution in [0.2, 0.25) is 0 Å². The monoisotopic (exact) mass is 408 g/mol. The van der Waals surface area contributed by atoms with Gasteiger partial charge in [-0.3, -0.25) is 9.89 Å². The van der Waals surface area contributed by atoms with E-state index in [4.69, 9.17) is 0 Å². The van der Waals surface area contributed by atoms with Gasteiger partial charge in [-0.2, -0.15) is 5.10 Å². The second kappa shape index (κ2) is 6.45. The number of fused-ring (bicyclic) bond motifs is 2. The number of anilines is 1. The zero-order chi connectivity index (χ0) is 21.1. The number of aromatic nitrogens is 3. The summed E-state index contributed by atoms with van der Waals surface area (Å²) in [7, 11) is 0. The van der Waals surface area contributed by atoms with Crippen LogP contribution in [0.1, 0.15) is 42.6 Å². The Morgan fingerprint density at radius 3 is 2.40 bits per heavy atom. The molecule has 1 aliphatic carbocycles. The van der Waals surface area contributed by atoms with E-state index in [0.29, 0.717) is 5.82 Å². The molecule has 1 aliphatic heterocycles. The molecule has 3 aromatic rings. The molecule has 30 heavy (non-hydrogen) atoms. The maximum atomic E-state index is 13.7. The average Bonchev–Trinajstić information content (AvgIpc) is 3.26. The van der Waals surface area contributed by atoms with Crippen molar-refractivity contribution in [1.29, 1.82) is 0 Å². The van der Waals surface area contributed by atoms with E-state index in [1.807, 2.05) is 50.2 Å². The van der Waals surface area contributed by atoms with E-state index in [-0.39, 0.29) is 31.6 Å². The summed E-state index contributed by atoms with van der Waals surface area (Å²) in [6, 6.07) is 11.9. The fourth-order valence-electron chi connectivity index (χ4n) is 4.68. The highest BCUT2D eigenvalue weighted by Gasteiger charge is 2.52. The van der Waals surface area contributed by atoms with Crippen molar-refractivity contribution in [2.75, 3.05) is 5.32 Å². The van der Waals surface area contributed by atoms with E-state index in [0.717, 1.165) is 39.3 Å². The molecule has 1 aromatic heterocycles. The summed E-state index contributed by atoms with van der Waals surface area (Å²) in [5.74, 6) is -1.46. The lowest BCUT2D eigenvalue weighted by atomic mass is 9.69. The van der Waals surface area contributed by atoms with Crippen molar-refractivity contribution in [3.63, 3.8) is 0 Å². The summed E-state index contributed by atoms with van der Waals surface area (Å²) in [4.78, 5) is 17.2. The number of hydrogen-bond acceptors (Lipinski definition) is 3. The molecule has 0 unspecified atom stereocenters. The first-order valence-corrected chi connectivity index (χ1v) is 10.1. The van der Waals surface area contributed by atoms with Gasteiger partial charge in [0.1, 0.15) is 5.82 Å². The Labute approximate surface area is 172 Å². The second-order valence-corrected chi connectivity index (χ2v) is 8.43. The number of nitrogens with zero attached hydrogens (tertiary/aromatic N) is 2. The highest BCUT2D eigenvalue weighted by Crippen LogP contribution is 2.51. The van der Waals surface area contributed by atoms with E-state index in [9.17, 15) is 13.6 Å². The van der Waals surface area contributed by atoms with Crippen molar-refractivity contribution in [3.05, 3.63) is 53.3 Å². The molecule has 1 amide bonds. The number of hydrogen-bond donors (Lipinski definition) is 2. The maximum Gasteiger partial charge on any atom is 0.248 e. The minimum atomic E-state index is -2.68. The average molecular weight is 408 g/mol. The van der Waals surface area contributed by atoms with Crippen molar-refractivity contribution in [1.82, 2.24) is 15.2 Å². The van der Waals surface area contributed by atoms with Crippen LogP contribution in [0.15, 0.2) is 36.4 Å². The van der Waals surface area contributed by atoms with Gasteiger partial charge in [-0.1, -0.05) is 24.3 Å². The van der Waals surface area contributed by atoms with Crippen molar-refractivity contribution in [2.45, 2.75) is 50.9 Å². The van der Waals surface area contributed by atoms with Gasteiger partial charge in [-0.05, 0) is 61.1 Å². The molecule has 0 saturated heterocycles. The molecule has 5 rings (SSSR count). The molecule has 0 radical (unpaired) electrons. The third-order valence-electron chi connectivity index (χ3n) is 6.46. The van der Waals surface area contributed by atoms with Gasteiger partial charge in [-0.15, -0.1) is 0 Å². The quantitative estimate of drug-likeness (QED) is 0.616. The van der Waals surface area contributed by atoms with E-state index < -0.39 is 11.3 Å². The zero-order valence-electron chi connectivity index (χ0n) is 16.9. The van der Waals surface area contributed by atoms with Crippen LogP contribution in [0, 0.1) is 13.8 Å². The van der Waals surface area contributed by atoms with Crippen LogP contribution in [0.4, 0.5) is 14.5 Å². The number of benzene rings is 2. The van der Waals surface area contributed by atoms with Crippen molar-refractivity contribution >= 4 is 11.6 Å². The minimum Gasteiger partial charge on any atom is -0.325 e. The van der Waals surface area contributed by atoms with Gasteiger partial charge in [0.15, 0.2) is 5.82 Å². The molecule has 7 heteroatoms. The normalized spacial score (nSPS) is 19.0. The lowest BCUT2D eigenvalue weighted by Crippen LogP contribution is -2.41. The maximum absolute atomic E-state index is 13.7. The predicted octanol–water partition coefficient (Wildman–Crippen LogP) is 5.15. The Morgan fingerprint density at radius 1 is 0.967 bits per heavy atom. The molecule has 0 bridgehead atoms. The largest absolute Gasteiger partial charge is 0.325 e. The second-order valence-electron chi connectivity index (χ2n) is 8.43. The first-order valence-electron chi connectivity index (χ1n) is 10.1. The number of carbonyl (C=O) groups excluding carboxylic acids is 1. The summed E-state index contributed by atoms with van der Waals surface area (Å²) >= 11 is 0. The molecule has 2 aliphatic rings. The summed E-state index contributed by atoms with van der Waals surface area (Å²) < 4.78 is 27.4. The highest BCUT2D eigenvalue weighted by molar-refractivity contribution is 6.07. The summed E-state index contributed by atoms with van der Waals surface area (Å²) in [5.41, 5.74) is 4.69. The van der Waals surface area contributed by atoms with Crippen molar-refractivity contribution < 1.29 is 13.6 Å². The zero-order valence-corrected chi connectivity index (χ0v) is 16.9. The van der Waals surface area contributed by atoms with Crippen LogP contribution >= 0.6 is 0 Å². The van der Waals surface area contributed by atoms with Gasteiger partial charge in [0.2, 0.25) is 11.8 Å². The first kappa shape index (κ1) is 18.9. The summed E-state index contributed by atoms with van der Waals surface area (Å²) in [6.45, 7) is 3.88. The van der Waals surface area contributed by atoms with Crippen LogP contribution in [0.25, 0.3) is 22.5 Å². The topological polar surface area (TPSA) is 70.7 Å². The van der Waals surface area contributed by atoms with Crippen LogP contribution in [-0.2, 0) is 10.2 Å². The fourth-order valence-corrected chi connectivity index (χ4v) is 4.68. The molecule has 2 N–H and O–H groups in total. The summed E-state index contributed by atoms with van der Waals surface area (Å²) in [5, 5.41) is 10.0. The van der Waals surface area contributed by atoms with Crippen LogP contribution in [0.5, 0.6) is 0 Å². The van der Waals surface area contributed by atoms with E-state index >= 15 is 0 Å². The lowest BCUT2D eigenvalue weighted by molar-refractivity contribution is -0.125. The number of rotatable bonds is 2. The Morgan fingerprint density at radius 2 is 1.70 bits per heavy atom. The molecule has 1 spiro atoms. The number of amides is 1. The number of carbonyl (C=O) groups is 1. The van der Waals surface area contributed by atoms with Gasteiger partial charge < -0.3 is 5.32 Å². The van der Waals surface area contributed by atoms with Gasteiger partial charge in [0.25, 0.3) is 0 Å². The number of halogens is 2. The number of aryl methyl sites for hydroxylation is 2. The molecular formula is C23H22F2N4O. The summed E-state index contributed by atoms with van der Waals surface area (Å²) in [6.07, 6.45) is -0.147. The number of aromatic amines is 1. The molecular weight excluding hydrogens is 386 g/mol. The van der Waals surface area contributed by atoms with Crippen LogP contribution in [0.3, 0.4) is 0 Å². The minimum absolute atomic E-state index is 0.160. The lowest BCUT2D eigenvalue weighted by Gasteiger charge is -2.35. The van der Waals surface area contributed by atoms with Crippen molar-refractivity contribution in [2.24, 2.45) is 0 Å². The van der Waals surface area contributed by atoms with Crippen LogP contribution in [-0.4, -0.2) is 27.0 Å². The molecule has 5 nitrogen and oxygen atoms in total. The van der Waals surface area contributed by atoms with Gasteiger partial charge in [-0.25, -0.2) is 13.8 Å². The molecule has 1 saturated carbocycles. The Balaban J connectivity index is 1.53. The SMILES string of the molecule is Cc1nc(-c2ccc(C)c(-c3ccc4c(c3)NC(=O)C43CCC(F)(F)CC3)c2)n[nH]1. The van der Waals surface area contributed by atoms with E-state index in [1.54, 1.807) is 0 Å². The predicted molar refractivity (Wildman–Crippen MR) is 110 cm³/mol. The fraction of sp³-hybridized carbons (Fsp3) is 0.348. The number of H-pyrrole nitrogens is 1. The van der Waals surface area contributed by atoms with Gasteiger partial charge in [0.05, 0.1) is 5.41 Å². The Bertz CT molecular complexity index is 1160. The van der Waals surface area contributed by atoms with E-state index in [2.05, 4.69) is 20.5 Å². The number of alkyl halides is 2. The first-order chi connectivity index (χ1) is 14.3. The van der Waals surface area contributed by atoms with Gasteiger partial charge in [0, 0.05) is 24.1 Å². The van der Waals surface area contributed by atoms with Crippen LogP contribution < -0.4 is 5.32 Å². The Hall–Kier alpha value is -3.09. The molecule has 2 aromatic carbocycles. The molecule has 2 heterocycles. The van der Waals surface area contributed by atoms with Gasteiger partial charge >= 0.3 is 0 Å². The third-order valence-corrected chi connectivity index (χ3v) is 6.46. The molecule has 154 valence electrons. The van der Waals surface area contributed by atoms with E-state index in [1.165, 1.54) is 0 Å². The third kappa shape index (κ3) is 2.91.